The first-order chi connectivity index (χ1) is 11.8. The molecule has 0 aliphatic carbocycles. The van der Waals surface area contributed by atoms with Crippen molar-refractivity contribution >= 4 is 53.1 Å². The van der Waals surface area contributed by atoms with E-state index >= 15 is 0 Å². The van der Waals surface area contributed by atoms with Crippen LogP contribution in [0.15, 0.2) is 33.8 Å². The van der Waals surface area contributed by atoms with E-state index in [0.29, 0.717) is 35.0 Å². The third-order valence-electron chi connectivity index (χ3n) is 3.47. The number of guanidine groups is 1. The normalized spacial score (nSPS) is 11.8. The molecule has 0 saturated carbocycles. The summed E-state index contributed by atoms with van der Waals surface area (Å²) in [5.41, 5.74) is 0.851. The molecular formula is C18H25Cl2IN4O. The van der Waals surface area contributed by atoms with Gasteiger partial charge in [-0.05, 0) is 24.6 Å². The highest BCUT2D eigenvalue weighted by Crippen LogP contribution is 2.23. The molecule has 1 aromatic carbocycles. The van der Waals surface area contributed by atoms with Crippen molar-refractivity contribution in [2.75, 3.05) is 6.54 Å². The monoisotopic (exact) mass is 510 g/mol. The molecule has 0 unspecified atom stereocenters. The molecule has 26 heavy (non-hydrogen) atoms. The molecule has 0 atom stereocenters. The average molecular weight is 511 g/mol. The maximum atomic E-state index is 6.19. The molecule has 2 rings (SSSR count). The zero-order chi connectivity index (χ0) is 18.4. The van der Waals surface area contributed by atoms with Crippen molar-refractivity contribution in [3.05, 3.63) is 51.7 Å². The van der Waals surface area contributed by atoms with E-state index in [1.54, 1.807) is 18.3 Å². The zero-order valence-corrected chi connectivity index (χ0v) is 19.2. The number of aliphatic imine (C=N–C) groups is 1. The highest BCUT2D eigenvalue weighted by molar-refractivity contribution is 14.0. The molecule has 1 aromatic heterocycles. The van der Waals surface area contributed by atoms with E-state index in [-0.39, 0.29) is 29.4 Å². The van der Waals surface area contributed by atoms with Crippen LogP contribution >= 0.6 is 47.2 Å². The molecule has 0 saturated heterocycles. The van der Waals surface area contributed by atoms with E-state index in [1.165, 1.54) is 0 Å². The Bertz CT molecular complexity index is 741. The van der Waals surface area contributed by atoms with Gasteiger partial charge in [-0.3, -0.25) is 0 Å². The molecule has 0 amide bonds. The van der Waals surface area contributed by atoms with E-state index in [4.69, 9.17) is 27.6 Å². The van der Waals surface area contributed by atoms with Gasteiger partial charge in [0, 0.05) is 22.0 Å². The van der Waals surface area contributed by atoms with Crippen LogP contribution in [0.1, 0.15) is 44.9 Å². The van der Waals surface area contributed by atoms with Crippen molar-refractivity contribution < 1.29 is 4.42 Å². The molecule has 5 nitrogen and oxygen atoms in total. The second-order valence-electron chi connectivity index (χ2n) is 6.65. The van der Waals surface area contributed by atoms with Crippen LogP contribution in [0.5, 0.6) is 0 Å². The summed E-state index contributed by atoms with van der Waals surface area (Å²) in [6.45, 7) is 9.93. The van der Waals surface area contributed by atoms with E-state index in [9.17, 15) is 0 Å². The van der Waals surface area contributed by atoms with Gasteiger partial charge in [0.2, 0.25) is 5.89 Å². The SMILES string of the molecule is CCNC(=NCc1ccc(Cl)cc1Cl)NCc1ncc(C(C)(C)C)o1.I. The minimum absolute atomic E-state index is 0. The largest absolute Gasteiger partial charge is 0.443 e. The van der Waals surface area contributed by atoms with Gasteiger partial charge < -0.3 is 15.1 Å². The molecular weight excluding hydrogens is 486 g/mol. The molecule has 0 aliphatic heterocycles. The molecule has 0 fully saturated rings. The van der Waals surface area contributed by atoms with Crippen LogP contribution in [-0.2, 0) is 18.5 Å². The Labute approximate surface area is 182 Å². The van der Waals surface area contributed by atoms with Crippen LogP contribution < -0.4 is 10.6 Å². The summed E-state index contributed by atoms with van der Waals surface area (Å²) in [7, 11) is 0. The minimum Gasteiger partial charge on any atom is -0.443 e. The number of hydrogen-bond acceptors (Lipinski definition) is 3. The maximum Gasteiger partial charge on any atom is 0.213 e. The Morgan fingerprint density at radius 2 is 1.96 bits per heavy atom. The molecule has 144 valence electrons. The fraction of sp³-hybridized carbons (Fsp3) is 0.444. The number of oxazole rings is 1. The summed E-state index contributed by atoms with van der Waals surface area (Å²) < 4.78 is 5.78. The first-order valence-electron chi connectivity index (χ1n) is 8.21. The number of halogens is 3. The van der Waals surface area contributed by atoms with E-state index in [2.05, 4.69) is 41.4 Å². The Morgan fingerprint density at radius 1 is 1.23 bits per heavy atom. The average Bonchev–Trinajstić information content (AvgIpc) is 3.00. The molecule has 2 N–H and O–H groups in total. The van der Waals surface area contributed by atoms with Gasteiger partial charge in [-0.25, -0.2) is 9.98 Å². The Hall–Kier alpha value is -0.990. The van der Waals surface area contributed by atoms with E-state index in [1.807, 2.05) is 13.0 Å². The van der Waals surface area contributed by atoms with Gasteiger partial charge in [0.1, 0.15) is 5.76 Å². The lowest BCUT2D eigenvalue weighted by Gasteiger charge is -2.13. The quantitative estimate of drug-likeness (QED) is 0.331. The standard InChI is InChI=1S/C18H24Cl2N4O.HI/c1-5-21-17(23-9-12-6-7-13(19)8-14(12)20)24-11-16-22-10-15(25-16)18(2,3)4;/h6-8,10H,5,9,11H2,1-4H3,(H2,21,23,24);1H. The molecule has 0 aliphatic rings. The molecule has 2 aromatic rings. The van der Waals surface area contributed by atoms with Crippen molar-refractivity contribution in [2.45, 2.75) is 46.2 Å². The van der Waals surface area contributed by atoms with Crippen LogP contribution in [0.4, 0.5) is 0 Å². The predicted molar refractivity (Wildman–Crippen MR) is 119 cm³/mol. The van der Waals surface area contributed by atoms with Crippen LogP contribution in [0.25, 0.3) is 0 Å². The minimum atomic E-state index is -0.0603. The molecule has 0 bridgehead atoms. The van der Waals surface area contributed by atoms with Crippen LogP contribution in [0.2, 0.25) is 10.0 Å². The van der Waals surface area contributed by atoms with Crippen molar-refractivity contribution in [3.8, 4) is 0 Å². The molecule has 0 spiro atoms. The predicted octanol–water partition coefficient (Wildman–Crippen LogP) is 5.15. The Kier molecular flexibility index (Phi) is 9.19. The number of rotatable bonds is 5. The number of nitrogens with one attached hydrogen (secondary N) is 2. The number of nitrogens with zero attached hydrogens (tertiary/aromatic N) is 2. The second kappa shape index (κ2) is 10.4. The molecule has 1 heterocycles. The van der Waals surface area contributed by atoms with Crippen molar-refractivity contribution in [2.24, 2.45) is 4.99 Å². The van der Waals surface area contributed by atoms with E-state index in [0.717, 1.165) is 17.9 Å². The summed E-state index contributed by atoms with van der Waals surface area (Å²) in [6.07, 6.45) is 1.77. The summed E-state index contributed by atoms with van der Waals surface area (Å²) in [4.78, 5) is 8.85. The summed E-state index contributed by atoms with van der Waals surface area (Å²) >= 11 is 12.1. The Balaban J connectivity index is 0.00000338. The Morgan fingerprint density at radius 3 is 2.54 bits per heavy atom. The molecule has 8 heteroatoms. The lowest BCUT2D eigenvalue weighted by atomic mass is 9.94. The van der Waals surface area contributed by atoms with Gasteiger partial charge in [-0.2, -0.15) is 0 Å². The van der Waals surface area contributed by atoms with Gasteiger partial charge >= 0.3 is 0 Å². The molecule has 0 radical (unpaired) electrons. The van der Waals surface area contributed by atoms with Gasteiger partial charge in [-0.1, -0.05) is 50.0 Å². The summed E-state index contributed by atoms with van der Waals surface area (Å²) in [5, 5.41) is 7.63. The van der Waals surface area contributed by atoms with Crippen LogP contribution in [-0.4, -0.2) is 17.5 Å². The van der Waals surface area contributed by atoms with Crippen molar-refractivity contribution in [1.29, 1.82) is 0 Å². The fourth-order valence-corrected chi connectivity index (χ4v) is 2.52. The zero-order valence-electron chi connectivity index (χ0n) is 15.4. The first-order valence-corrected chi connectivity index (χ1v) is 8.96. The van der Waals surface area contributed by atoms with Crippen LogP contribution in [0, 0.1) is 0 Å². The van der Waals surface area contributed by atoms with Gasteiger partial charge in [0.25, 0.3) is 0 Å². The highest BCUT2D eigenvalue weighted by Gasteiger charge is 2.19. The van der Waals surface area contributed by atoms with Crippen molar-refractivity contribution in [1.82, 2.24) is 15.6 Å². The number of hydrogen-bond donors (Lipinski definition) is 2. The van der Waals surface area contributed by atoms with Gasteiger partial charge in [0.05, 0.1) is 19.3 Å². The third kappa shape index (κ3) is 6.96. The summed E-state index contributed by atoms with van der Waals surface area (Å²) in [6, 6.07) is 5.40. The topological polar surface area (TPSA) is 62.5 Å². The fourth-order valence-electron chi connectivity index (χ4n) is 2.05. The van der Waals surface area contributed by atoms with E-state index < -0.39 is 0 Å². The first kappa shape index (κ1) is 23.0. The number of benzene rings is 1. The number of aromatic nitrogens is 1. The third-order valence-corrected chi connectivity index (χ3v) is 4.05. The van der Waals surface area contributed by atoms with Crippen LogP contribution in [0.3, 0.4) is 0 Å². The highest BCUT2D eigenvalue weighted by atomic mass is 127. The maximum absolute atomic E-state index is 6.19. The lowest BCUT2D eigenvalue weighted by Crippen LogP contribution is -2.36. The smallest absolute Gasteiger partial charge is 0.213 e. The lowest BCUT2D eigenvalue weighted by molar-refractivity contribution is 0.379. The van der Waals surface area contributed by atoms with Gasteiger partial charge in [-0.15, -0.1) is 24.0 Å². The summed E-state index contributed by atoms with van der Waals surface area (Å²) in [5.74, 6) is 2.16. The van der Waals surface area contributed by atoms with Gasteiger partial charge in [0.15, 0.2) is 5.96 Å². The second-order valence-corrected chi connectivity index (χ2v) is 7.50. The van der Waals surface area contributed by atoms with Crippen molar-refractivity contribution in [3.63, 3.8) is 0 Å².